The van der Waals surface area contributed by atoms with Crippen molar-refractivity contribution in [2.24, 2.45) is 0 Å². The number of methoxy groups -OCH3 is 1. The maximum atomic E-state index is 13.6. The number of hydrogen-bond donors (Lipinski definition) is 1. The summed E-state index contributed by atoms with van der Waals surface area (Å²) in [6, 6.07) is 8.69. The van der Waals surface area contributed by atoms with Gasteiger partial charge in [0.2, 0.25) is 5.91 Å². The molecule has 0 bridgehead atoms. The van der Waals surface area contributed by atoms with E-state index in [4.69, 9.17) is 0 Å². The van der Waals surface area contributed by atoms with Crippen molar-refractivity contribution >= 4 is 22.4 Å². The molecule has 6 nitrogen and oxygen atoms in total. The van der Waals surface area contributed by atoms with Crippen LogP contribution >= 0.6 is 0 Å². The fourth-order valence-corrected chi connectivity index (χ4v) is 2.40. The van der Waals surface area contributed by atoms with Crippen molar-refractivity contribution in [1.82, 2.24) is 9.78 Å². The van der Waals surface area contributed by atoms with Crippen LogP contribution in [-0.4, -0.2) is 22.8 Å². The van der Waals surface area contributed by atoms with Gasteiger partial charge in [0, 0.05) is 23.2 Å². The predicted molar refractivity (Wildman–Crippen MR) is 87.5 cm³/mol. The largest absolute Gasteiger partial charge is 0.491 e. The summed E-state index contributed by atoms with van der Waals surface area (Å²) in [6.45, 7) is -0.390. The van der Waals surface area contributed by atoms with Crippen molar-refractivity contribution in [3.8, 4) is 5.75 Å². The van der Waals surface area contributed by atoms with Gasteiger partial charge in [0.05, 0.1) is 18.7 Å². The van der Waals surface area contributed by atoms with Gasteiger partial charge in [0.15, 0.2) is 17.4 Å². The summed E-state index contributed by atoms with van der Waals surface area (Å²) >= 11 is 0. The van der Waals surface area contributed by atoms with Crippen molar-refractivity contribution in [3.63, 3.8) is 0 Å². The number of benzene rings is 2. The maximum absolute atomic E-state index is 13.6. The van der Waals surface area contributed by atoms with Gasteiger partial charge < -0.3 is 10.1 Å². The smallest absolute Gasteiger partial charge is 0.275 e. The molecule has 0 radical (unpaired) electrons. The first-order valence-electron chi connectivity index (χ1n) is 7.27. The highest BCUT2D eigenvalue weighted by molar-refractivity contribution is 5.90. The number of fused-ring (bicyclic) bond motifs is 1. The molecule has 1 N–H and O–H groups in total. The number of ether oxygens (including phenoxy) is 1. The van der Waals surface area contributed by atoms with Gasteiger partial charge in [-0.2, -0.15) is 5.10 Å². The lowest BCUT2D eigenvalue weighted by atomic mass is 10.2. The minimum absolute atomic E-state index is 0.0883. The van der Waals surface area contributed by atoms with E-state index in [1.54, 1.807) is 24.3 Å². The van der Waals surface area contributed by atoms with Gasteiger partial charge in [-0.25, -0.2) is 13.5 Å². The van der Waals surface area contributed by atoms with Gasteiger partial charge in [-0.3, -0.25) is 9.59 Å². The maximum Gasteiger partial charge on any atom is 0.275 e. The standard InChI is InChI=1S/C17H13F2N3O3/c1-25-16-13(18)6-11(7-14(16)19)21-15(23)9-22-17(24)12-5-3-2-4-10(12)8-20-22/h2-8H,9H2,1H3,(H,21,23). The first-order valence-corrected chi connectivity index (χ1v) is 7.27. The number of aromatic nitrogens is 2. The summed E-state index contributed by atoms with van der Waals surface area (Å²) in [6.07, 6.45) is 1.47. The van der Waals surface area contributed by atoms with E-state index in [9.17, 15) is 18.4 Å². The van der Waals surface area contributed by atoms with Crippen molar-refractivity contribution in [2.45, 2.75) is 6.54 Å². The number of anilines is 1. The monoisotopic (exact) mass is 345 g/mol. The molecule has 2 aromatic carbocycles. The quantitative estimate of drug-likeness (QED) is 0.788. The third-order valence-corrected chi connectivity index (χ3v) is 3.54. The summed E-state index contributed by atoms with van der Waals surface area (Å²) in [5.41, 5.74) is -0.519. The van der Waals surface area contributed by atoms with Crippen molar-refractivity contribution in [1.29, 1.82) is 0 Å². The van der Waals surface area contributed by atoms with Gasteiger partial charge >= 0.3 is 0 Å². The fraction of sp³-hybridized carbons (Fsp3) is 0.118. The Bertz CT molecular complexity index is 994. The van der Waals surface area contributed by atoms with Crippen LogP contribution in [0.25, 0.3) is 10.8 Å². The van der Waals surface area contributed by atoms with Crippen molar-refractivity contribution in [2.75, 3.05) is 12.4 Å². The topological polar surface area (TPSA) is 73.2 Å². The van der Waals surface area contributed by atoms with E-state index in [1.807, 2.05) is 0 Å². The molecule has 0 saturated carbocycles. The highest BCUT2D eigenvalue weighted by Gasteiger charge is 2.14. The zero-order valence-corrected chi connectivity index (χ0v) is 13.1. The SMILES string of the molecule is COc1c(F)cc(NC(=O)Cn2ncc3ccccc3c2=O)cc1F. The number of nitrogens with zero attached hydrogens (tertiary/aromatic N) is 2. The molecule has 0 spiro atoms. The molecule has 1 aromatic heterocycles. The Morgan fingerprint density at radius 2 is 1.92 bits per heavy atom. The second-order valence-electron chi connectivity index (χ2n) is 5.22. The average molecular weight is 345 g/mol. The van der Waals surface area contributed by atoms with Crippen molar-refractivity contribution < 1.29 is 18.3 Å². The van der Waals surface area contributed by atoms with Crippen LogP contribution in [0, 0.1) is 11.6 Å². The lowest BCUT2D eigenvalue weighted by Crippen LogP contribution is -2.29. The molecule has 8 heteroatoms. The molecule has 0 aliphatic carbocycles. The molecule has 1 heterocycles. The van der Waals surface area contributed by atoms with E-state index in [1.165, 1.54) is 6.20 Å². The highest BCUT2D eigenvalue weighted by Crippen LogP contribution is 2.25. The molecule has 0 saturated heterocycles. The zero-order chi connectivity index (χ0) is 18.0. The van der Waals surface area contributed by atoms with Gasteiger partial charge in [0.25, 0.3) is 5.56 Å². The van der Waals surface area contributed by atoms with Crippen LogP contribution in [0.1, 0.15) is 0 Å². The fourth-order valence-electron chi connectivity index (χ4n) is 2.40. The average Bonchev–Trinajstić information content (AvgIpc) is 2.57. The van der Waals surface area contributed by atoms with Gasteiger partial charge in [-0.15, -0.1) is 0 Å². The van der Waals surface area contributed by atoms with E-state index in [0.717, 1.165) is 23.9 Å². The molecular formula is C17H13F2N3O3. The second-order valence-corrected chi connectivity index (χ2v) is 5.22. The molecule has 3 rings (SSSR count). The Kier molecular flexibility index (Phi) is 4.42. The van der Waals surface area contributed by atoms with E-state index in [-0.39, 0.29) is 12.2 Å². The molecule has 0 atom stereocenters. The summed E-state index contributed by atoms with van der Waals surface area (Å²) < 4.78 is 32.8. The van der Waals surface area contributed by atoms with E-state index in [0.29, 0.717) is 10.8 Å². The van der Waals surface area contributed by atoms with Crippen molar-refractivity contribution in [3.05, 3.63) is 64.6 Å². The lowest BCUT2D eigenvalue weighted by Gasteiger charge is -2.09. The van der Waals surface area contributed by atoms with E-state index >= 15 is 0 Å². The Morgan fingerprint density at radius 1 is 1.24 bits per heavy atom. The summed E-state index contributed by atoms with van der Waals surface area (Å²) in [5.74, 6) is -3.07. The Labute approximate surface area is 140 Å². The second kappa shape index (κ2) is 6.68. The van der Waals surface area contributed by atoms with E-state index in [2.05, 4.69) is 15.2 Å². The molecule has 1 amide bonds. The van der Waals surface area contributed by atoms with Gasteiger partial charge in [-0.1, -0.05) is 18.2 Å². The Morgan fingerprint density at radius 3 is 2.60 bits per heavy atom. The molecule has 0 aliphatic rings. The van der Waals surface area contributed by atoms with Crippen LogP contribution in [0.15, 0.2) is 47.4 Å². The number of hydrogen-bond acceptors (Lipinski definition) is 4. The van der Waals surface area contributed by atoms with Crippen LogP contribution < -0.4 is 15.6 Å². The number of carbonyl (C=O) groups is 1. The number of amides is 1. The molecule has 0 fully saturated rings. The third kappa shape index (κ3) is 3.32. The first kappa shape index (κ1) is 16.6. The number of nitrogens with one attached hydrogen (secondary N) is 1. The van der Waals surface area contributed by atoms with Crippen LogP contribution in [-0.2, 0) is 11.3 Å². The van der Waals surface area contributed by atoms with Crippen LogP contribution in [0.2, 0.25) is 0 Å². The zero-order valence-electron chi connectivity index (χ0n) is 13.1. The number of halogens is 2. The number of rotatable bonds is 4. The lowest BCUT2D eigenvalue weighted by molar-refractivity contribution is -0.117. The third-order valence-electron chi connectivity index (χ3n) is 3.54. The minimum atomic E-state index is -0.946. The molecule has 0 unspecified atom stereocenters. The highest BCUT2D eigenvalue weighted by atomic mass is 19.1. The molecule has 0 aliphatic heterocycles. The Balaban J connectivity index is 1.82. The van der Waals surface area contributed by atoms with Crippen LogP contribution in [0.5, 0.6) is 5.75 Å². The van der Waals surface area contributed by atoms with Gasteiger partial charge in [-0.05, 0) is 6.07 Å². The normalized spacial score (nSPS) is 10.7. The van der Waals surface area contributed by atoms with Crippen LogP contribution in [0.3, 0.4) is 0 Å². The predicted octanol–water partition coefficient (Wildman–Crippen LogP) is 2.32. The number of carbonyl (C=O) groups excluding carboxylic acids is 1. The summed E-state index contributed by atoms with van der Waals surface area (Å²) in [4.78, 5) is 24.4. The molecule has 128 valence electrons. The molecule has 3 aromatic rings. The van der Waals surface area contributed by atoms with Crippen LogP contribution in [0.4, 0.5) is 14.5 Å². The van der Waals surface area contributed by atoms with E-state index < -0.39 is 28.9 Å². The summed E-state index contributed by atoms with van der Waals surface area (Å²) in [7, 11) is 1.14. The Hall–Kier alpha value is -3.29. The molecular weight excluding hydrogens is 332 g/mol. The summed E-state index contributed by atoms with van der Waals surface area (Å²) in [5, 5.41) is 7.33. The van der Waals surface area contributed by atoms with Gasteiger partial charge in [0.1, 0.15) is 6.54 Å². The first-order chi connectivity index (χ1) is 12.0. The minimum Gasteiger partial charge on any atom is -0.491 e. The molecule has 25 heavy (non-hydrogen) atoms.